The van der Waals surface area contributed by atoms with E-state index >= 15 is 0 Å². The van der Waals surface area contributed by atoms with E-state index in [1.54, 1.807) is 12.4 Å². The zero-order valence-corrected chi connectivity index (χ0v) is 19.4. The van der Waals surface area contributed by atoms with Gasteiger partial charge in [-0.15, -0.1) is 10.2 Å². The van der Waals surface area contributed by atoms with Crippen LogP contribution in [0.25, 0.3) is 22.6 Å². The standard InChI is InChI=1S/C25H27N7O2/c1-3-9-32-15-18(14-27-32)19-13-20-22(12-17(19)2)34-11-5-4-10-31-16-26-30-24(31)21-7-6-8-23(28-21)29-25(20)33/h6-8,12-16H,3-5,9-11H2,1-2H3,(H,28,29,33). The molecule has 0 radical (unpaired) electrons. The number of carbonyl (C=O) groups excluding carboxylic acids is 1. The average Bonchev–Trinajstić information content (AvgIpc) is 3.48. The molecule has 34 heavy (non-hydrogen) atoms. The fourth-order valence-electron chi connectivity index (χ4n) is 4.14. The first kappa shape index (κ1) is 21.8. The maximum Gasteiger partial charge on any atom is 0.260 e. The van der Waals surface area contributed by atoms with Gasteiger partial charge in [0.05, 0.1) is 18.4 Å². The van der Waals surface area contributed by atoms with E-state index in [0.29, 0.717) is 35.3 Å². The quantitative estimate of drug-likeness (QED) is 0.491. The topological polar surface area (TPSA) is 99.8 Å². The largest absolute Gasteiger partial charge is 0.493 e. The number of amides is 1. The van der Waals surface area contributed by atoms with Crippen molar-refractivity contribution in [2.75, 3.05) is 11.9 Å². The molecule has 0 saturated heterocycles. The highest BCUT2D eigenvalue weighted by atomic mass is 16.5. The van der Waals surface area contributed by atoms with Crippen LogP contribution in [-0.4, -0.2) is 42.0 Å². The molecule has 5 rings (SSSR count). The van der Waals surface area contributed by atoms with Gasteiger partial charge in [-0.25, -0.2) is 4.98 Å². The molecule has 1 aliphatic rings. The zero-order valence-electron chi connectivity index (χ0n) is 19.4. The molecule has 3 aromatic heterocycles. The number of benzene rings is 1. The molecule has 174 valence electrons. The Kier molecular flexibility index (Phi) is 6.07. The van der Waals surface area contributed by atoms with Crippen LogP contribution in [0.4, 0.5) is 5.82 Å². The van der Waals surface area contributed by atoms with E-state index in [4.69, 9.17) is 4.74 Å². The molecule has 2 bridgehead atoms. The van der Waals surface area contributed by atoms with Crippen molar-refractivity contribution in [3.05, 3.63) is 60.2 Å². The van der Waals surface area contributed by atoms with Crippen molar-refractivity contribution in [2.45, 2.75) is 46.2 Å². The maximum atomic E-state index is 13.4. The third-order valence-electron chi connectivity index (χ3n) is 5.85. The Labute approximate surface area is 197 Å². The molecular formula is C25H27N7O2. The van der Waals surface area contributed by atoms with Gasteiger partial charge in [0.2, 0.25) is 0 Å². The van der Waals surface area contributed by atoms with Crippen molar-refractivity contribution >= 4 is 11.7 Å². The van der Waals surface area contributed by atoms with Crippen molar-refractivity contribution in [2.24, 2.45) is 0 Å². The second-order valence-corrected chi connectivity index (χ2v) is 8.42. The van der Waals surface area contributed by atoms with Crippen LogP contribution >= 0.6 is 0 Å². The Hall–Kier alpha value is -4.01. The summed E-state index contributed by atoms with van der Waals surface area (Å²) in [6.45, 7) is 6.26. The van der Waals surface area contributed by atoms with Gasteiger partial charge in [-0.3, -0.25) is 9.48 Å². The van der Waals surface area contributed by atoms with Gasteiger partial charge in [-0.1, -0.05) is 13.0 Å². The van der Waals surface area contributed by atoms with Crippen molar-refractivity contribution < 1.29 is 9.53 Å². The van der Waals surface area contributed by atoms with E-state index in [-0.39, 0.29) is 5.91 Å². The number of ether oxygens (including phenoxy) is 1. The van der Waals surface area contributed by atoms with Crippen LogP contribution in [0.2, 0.25) is 0 Å². The number of carbonyl (C=O) groups is 1. The van der Waals surface area contributed by atoms with E-state index < -0.39 is 0 Å². The van der Waals surface area contributed by atoms with Crippen LogP contribution in [-0.2, 0) is 13.1 Å². The molecule has 1 aromatic carbocycles. The Morgan fingerprint density at radius 2 is 2.09 bits per heavy atom. The lowest BCUT2D eigenvalue weighted by molar-refractivity contribution is 0.102. The molecule has 0 fully saturated rings. The molecule has 4 aromatic rings. The summed E-state index contributed by atoms with van der Waals surface area (Å²) in [5.74, 6) is 1.41. The van der Waals surface area contributed by atoms with E-state index in [0.717, 1.165) is 49.0 Å². The Balaban J connectivity index is 1.54. The first-order chi connectivity index (χ1) is 16.6. The summed E-state index contributed by atoms with van der Waals surface area (Å²) in [4.78, 5) is 18.0. The van der Waals surface area contributed by atoms with Crippen molar-refractivity contribution in [1.82, 2.24) is 29.5 Å². The molecule has 1 N–H and O–H groups in total. The molecule has 0 aliphatic carbocycles. The average molecular weight is 458 g/mol. The van der Waals surface area contributed by atoms with Gasteiger partial charge in [0.15, 0.2) is 5.82 Å². The third-order valence-corrected chi connectivity index (χ3v) is 5.85. The summed E-state index contributed by atoms with van der Waals surface area (Å²) in [5.41, 5.74) is 4.09. The number of hydrogen-bond donors (Lipinski definition) is 1. The van der Waals surface area contributed by atoms with E-state index in [1.165, 1.54) is 0 Å². The maximum absolute atomic E-state index is 13.4. The van der Waals surface area contributed by atoms with Gasteiger partial charge < -0.3 is 14.6 Å². The summed E-state index contributed by atoms with van der Waals surface area (Å²) in [6.07, 6.45) is 8.28. The monoisotopic (exact) mass is 457 g/mol. The number of rotatable bonds is 3. The number of fused-ring (bicyclic) bond motifs is 5. The van der Waals surface area contributed by atoms with E-state index in [9.17, 15) is 4.79 Å². The Morgan fingerprint density at radius 1 is 1.18 bits per heavy atom. The minimum absolute atomic E-state index is 0.277. The predicted octanol–water partition coefficient (Wildman–Crippen LogP) is 4.35. The molecule has 9 heteroatoms. The highest BCUT2D eigenvalue weighted by Gasteiger charge is 2.19. The number of nitrogens with zero attached hydrogens (tertiary/aromatic N) is 6. The number of anilines is 1. The predicted molar refractivity (Wildman–Crippen MR) is 129 cm³/mol. The summed E-state index contributed by atoms with van der Waals surface area (Å²) in [5, 5.41) is 15.6. The summed E-state index contributed by atoms with van der Waals surface area (Å²) in [7, 11) is 0. The van der Waals surface area contributed by atoms with Crippen LogP contribution in [0, 0.1) is 6.92 Å². The molecular weight excluding hydrogens is 430 g/mol. The SMILES string of the molecule is CCCn1cc(-c2cc3c(cc2C)OCCCCn2cnnc2-c2cccc(n2)NC3=O)cn1. The second-order valence-electron chi connectivity index (χ2n) is 8.42. The summed E-state index contributed by atoms with van der Waals surface area (Å²) in [6, 6.07) is 9.31. The van der Waals surface area contributed by atoms with Gasteiger partial charge in [0.25, 0.3) is 5.91 Å². The second kappa shape index (κ2) is 9.46. The first-order valence-corrected chi connectivity index (χ1v) is 11.6. The first-order valence-electron chi connectivity index (χ1n) is 11.6. The molecule has 0 atom stereocenters. The van der Waals surface area contributed by atoms with E-state index in [2.05, 4.69) is 32.5 Å². The molecule has 9 nitrogen and oxygen atoms in total. The van der Waals surface area contributed by atoms with Gasteiger partial charge in [0, 0.05) is 24.8 Å². The van der Waals surface area contributed by atoms with Crippen LogP contribution in [0.1, 0.15) is 42.1 Å². The molecule has 1 amide bonds. The Morgan fingerprint density at radius 3 is 2.97 bits per heavy atom. The van der Waals surface area contributed by atoms with Crippen LogP contribution in [0.15, 0.2) is 49.1 Å². The minimum Gasteiger partial charge on any atom is -0.493 e. The van der Waals surface area contributed by atoms with Crippen LogP contribution in [0.5, 0.6) is 5.75 Å². The minimum atomic E-state index is -0.277. The molecule has 0 unspecified atom stereocenters. The lowest BCUT2D eigenvalue weighted by Gasteiger charge is -2.16. The summed E-state index contributed by atoms with van der Waals surface area (Å²) < 4.78 is 10.00. The van der Waals surface area contributed by atoms with Gasteiger partial charge in [-0.05, 0) is 61.6 Å². The van der Waals surface area contributed by atoms with Crippen molar-refractivity contribution in [3.63, 3.8) is 0 Å². The van der Waals surface area contributed by atoms with Crippen molar-refractivity contribution in [3.8, 4) is 28.4 Å². The molecule has 0 spiro atoms. The lowest BCUT2D eigenvalue weighted by atomic mass is 9.99. The molecule has 0 saturated carbocycles. The van der Waals surface area contributed by atoms with Gasteiger partial charge in [0.1, 0.15) is 23.6 Å². The van der Waals surface area contributed by atoms with Crippen LogP contribution < -0.4 is 10.1 Å². The highest BCUT2D eigenvalue weighted by Crippen LogP contribution is 2.31. The number of pyridine rings is 1. The third kappa shape index (κ3) is 4.41. The fourth-order valence-corrected chi connectivity index (χ4v) is 4.14. The zero-order chi connectivity index (χ0) is 23.5. The molecule has 4 heterocycles. The number of aryl methyl sites for hydroxylation is 3. The Bertz CT molecular complexity index is 1320. The molecule has 1 aliphatic heterocycles. The highest BCUT2D eigenvalue weighted by molar-refractivity contribution is 6.06. The number of hydrogen-bond acceptors (Lipinski definition) is 6. The van der Waals surface area contributed by atoms with Gasteiger partial charge >= 0.3 is 0 Å². The van der Waals surface area contributed by atoms with Crippen LogP contribution in [0.3, 0.4) is 0 Å². The number of nitrogens with one attached hydrogen (secondary N) is 1. The fraction of sp³-hybridized carbons (Fsp3) is 0.320. The smallest absolute Gasteiger partial charge is 0.260 e. The van der Waals surface area contributed by atoms with Gasteiger partial charge in [-0.2, -0.15) is 5.10 Å². The number of aromatic nitrogens is 6. The van der Waals surface area contributed by atoms with E-state index in [1.807, 2.05) is 52.8 Å². The van der Waals surface area contributed by atoms with Crippen molar-refractivity contribution in [1.29, 1.82) is 0 Å². The normalized spacial score (nSPS) is 13.9. The lowest BCUT2D eigenvalue weighted by Crippen LogP contribution is -2.16. The summed E-state index contributed by atoms with van der Waals surface area (Å²) >= 11 is 0.